The summed E-state index contributed by atoms with van der Waals surface area (Å²) < 4.78 is 2.72. The molecule has 2 fully saturated rings. The van der Waals surface area contributed by atoms with Gasteiger partial charge in [0, 0.05) is 20.0 Å². The third-order valence-corrected chi connectivity index (χ3v) is 11.7. The van der Waals surface area contributed by atoms with E-state index in [-0.39, 0.29) is 0 Å². The minimum atomic E-state index is -1.56. The predicted octanol–water partition coefficient (Wildman–Crippen LogP) is 4.47. The molecule has 0 bridgehead atoms. The van der Waals surface area contributed by atoms with Crippen LogP contribution >= 0.6 is 0 Å². The topological polar surface area (TPSA) is 27.3 Å². The lowest BCUT2D eigenvalue weighted by Gasteiger charge is -2.47. The van der Waals surface area contributed by atoms with Gasteiger partial charge in [-0.2, -0.15) is 0 Å². The summed E-state index contributed by atoms with van der Waals surface area (Å²) in [5, 5.41) is 7.04. The first-order valence-corrected chi connectivity index (χ1v) is 13.5. The second-order valence-electron chi connectivity index (χ2n) is 9.49. The van der Waals surface area contributed by atoms with E-state index in [0.29, 0.717) is 11.8 Å². The van der Waals surface area contributed by atoms with Crippen LogP contribution in [0.15, 0.2) is 36.4 Å². The highest BCUT2D eigenvalue weighted by atomic mass is 28.3. The lowest BCUT2D eigenvalue weighted by atomic mass is 9.80. The van der Waals surface area contributed by atoms with Gasteiger partial charge in [0.1, 0.15) is 8.24 Å². The van der Waals surface area contributed by atoms with Gasteiger partial charge in [0.2, 0.25) is 0 Å². The van der Waals surface area contributed by atoms with Gasteiger partial charge < -0.3 is 0 Å². The molecule has 0 spiro atoms. The SMILES string of the molecule is Cc1cc(C)cc(C2=CC=CC3C2CC(C)C3[Si](C)(C)N2CNCNC2)c1. The van der Waals surface area contributed by atoms with E-state index >= 15 is 0 Å². The van der Waals surface area contributed by atoms with Crippen LogP contribution in [0.4, 0.5) is 0 Å². The van der Waals surface area contributed by atoms with Crippen LogP contribution < -0.4 is 10.6 Å². The van der Waals surface area contributed by atoms with E-state index in [2.05, 4.69) is 85.5 Å². The molecule has 1 aromatic rings. The summed E-state index contributed by atoms with van der Waals surface area (Å²) in [5.41, 5.74) is 6.57. The molecular weight excluding hydrogens is 346 g/mol. The van der Waals surface area contributed by atoms with E-state index in [4.69, 9.17) is 0 Å². The molecule has 0 amide bonds. The van der Waals surface area contributed by atoms with Crippen LogP contribution in [-0.2, 0) is 0 Å². The van der Waals surface area contributed by atoms with E-state index < -0.39 is 8.24 Å². The zero-order valence-corrected chi connectivity index (χ0v) is 18.5. The van der Waals surface area contributed by atoms with E-state index in [1.807, 2.05) is 0 Å². The van der Waals surface area contributed by atoms with Gasteiger partial charge in [0.25, 0.3) is 0 Å². The highest BCUT2D eigenvalue weighted by molar-refractivity contribution is 6.76. The molecule has 4 heteroatoms. The molecule has 0 radical (unpaired) electrons. The van der Waals surface area contributed by atoms with Gasteiger partial charge >= 0.3 is 0 Å². The highest BCUT2D eigenvalue weighted by Gasteiger charge is 2.52. The Morgan fingerprint density at radius 2 is 1.70 bits per heavy atom. The van der Waals surface area contributed by atoms with Crippen LogP contribution in [0.3, 0.4) is 0 Å². The van der Waals surface area contributed by atoms with Crippen LogP contribution in [0.25, 0.3) is 5.57 Å². The Balaban J connectivity index is 1.64. The van der Waals surface area contributed by atoms with Gasteiger partial charge in [-0.25, -0.2) is 0 Å². The first kappa shape index (κ1) is 19.1. The minimum Gasteiger partial charge on any atom is -0.299 e. The lowest BCUT2D eigenvalue weighted by molar-refractivity contribution is 0.280. The number of fused-ring (bicyclic) bond motifs is 1. The molecular formula is C23H35N3Si. The minimum absolute atomic E-state index is 0.675. The Hall–Kier alpha value is -1.20. The largest absolute Gasteiger partial charge is 0.299 e. The van der Waals surface area contributed by atoms with Crippen molar-refractivity contribution in [3.8, 4) is 0 Å². The monoisotopic (exact) mass is 381 g/mol. The van der Waals surface area contributed by atoms with Crippen LogP contribution in [0.2, 0.25) is 18.6 Å². The van der Waals surface area contributed by atoms with Gasteiger partial charge in [0.05, 0.1) is 0 Å². The number of rotatable bonds is 3. The molecule has 146 valence electrons. The number of benzene rings is 1. The van der Waals surface area contributed by atoms with E-state index in [1.165, 1.54) is 23.1 Å². The highest BCUT2D eigenvalue weighted by Crippen LogP contribution is 2.57. The normalized spacial score (nSPS) is 31.7. The van der Waals surface area contributed by atoms with E-state index in [0.717, 1.165) is 31.5 Å². The molecule has 3 nitrogen and oxygen atoms in total. The maximum absolute atomic E-state index is 3.52. The molecule has 2 N–H and O–H groups in total. The summed E-state index contributed by atoms with van der Waals surface area (Å²) >= 11 is 0. The zero-order chi connectivity index (χ0) is 19.2. The van der Waals surface area contributed by atoms with Gasteiger partial charge in [-0.1, -0.05) is 67.6 Å². The number of hydrogen-bond donors (Lipinski definition) is 2. The van der Waals surface area contributed by atoms with Crippen molar-refractivity contribution in [1.82, 2.24) is 15.2 Å². The van der Waals surface area contributed by atoms with Crippen molar-refractivity contribution in [3.05, 3.63) is 53.1 Å². The standard InChI is InChI=1S/C23H35N3Si/c1-16-9-17(2)11-19(10-16)20-7-6-8-21-22(20)12-18(3)23(21)27(4,5)26-14-24-13-25-15-26/h6-11,18,21-25H,12-15H2,1-5H3. The van der Waals surface area contributed by atoms with Gasteiger partial charge in [0.15, 0.2) is 0 Å². The third kappa shape index (κ3) is 3.49. The molecule has 4 unspecified atom stereocenters. The smallest absolute Gasteiger partial charge is 0.129 e. The Morgan fingerprint density at radius 1 is 1.04 bits per heavy atom. The average molecular weight is 382 g/mol. The first-order chi connectivity index (χ1) is 12.9. The quantitative estimate of drug-likeness (QED) is 0.756. The number of allylic oxidation sites excluding steroid dienone is 4. The molecule has 4 rings (SSSR count). The van der Waals surface area contributed by atoms with Crippen molar-refractivity contribution < 1.29 is 0 Å². The molecule has 0 aromatic heterocycles. The van der Waals surface area contributed by atoms with Crippen LogP contribution in [-0.4, -0.2) is 32.8 Å². The van der Waals surface area contributed by atoms with Gasteiger partial charge in [-0.3, -0.25) is 15.2 Å². The third-order valence-electron chi connectivity index (χ3n) is 7.17. The Kier molecular flexibility index (Phi) is 5.19. The van der Waals surface area contributed by atoms with Crippen molar-refractivity contribution in [2.75, 3.05) is 20.0 Å². The summed E-state index contributed by atoms with van der Waals surface area (Å²) in [6.07, 6.45) is 8.59. The molecule has 1 saturated heterocycles. The maximum Gasteiger partial charge on any atom is 0.129 e. The Bertz CT molecular complexity index is 741. The van der Waals surface area contributed by atoms with Crippen LogP contribution in [0.5, 0.6) is 0 Å². The van der Waals surface area contributed by atoms with Crippen LogP contribution in [0.1, 0.15) is 30.0 Å². The molecule has 1 aliphatic heterocycles. The summed E-state index contributed by atoms with van der Waals surface area (Å²) in [7, 11) is -1.56. The summed E-state index contributed by atoms with van der Waals surface area (Å²) in [5.74, 6) is 2.14. The van der Waals surface area contributed by atoms with Gasteiger partial charge in [-0.05, 0) is 54.7 Å². The summed E-state index contributed by atoms with van der Waals surface area (Å²) in [4.78, 5) is 0. The summed E-state index contributed by atoms with van der Waals surface area (Å²) in [6, 6.07) is 7.05. The molecule has 3 aliphatic rings. The maximum atomic E-state index is 3.52. The summed E-state index contributed by atoms with van der Waals surface area (Å²) in [6.45, 7) is 15.1. The Morgan fingerprint density at radius 3 is 2.37 bits per heavy atom. The number of nitrogens with zero attached hydrogens (tertiary/aromatic N) is 1. The fraction of sp³-hybridized carbons (Fsp3) is 0.565. The van der Waals surface area contributed by atoms with Crippen LogP contribution in [0, 0.1) is 31.6 Å². The number of nitrogens with one attached hydrogen (secondary N) is 2. The number of aryl methyl sites for hydroxylation is 2. The predicted molar refractivity (Wildman–Crippen MR) is 118 cm³/mol. The molecule has 1 saturated carbocycles. The van der Waals surface area contributed by atoms with E-state index in [1.54, 1.807) is 5.57 Å². The van der Waals surface area contributed by atoms with Crippen molar-refractivity contribution >= 4 is 13.8 Å². The molecule has 1 aromatic carbocycles. The molecule has 27 heavy (non-hydrogen) atoms. The van der Waals surface area contributed by atoms with Crippen molar-refractivity contribution in [2.24, 2.45) is 17.8 Å². The zero-order valence-electron chi connectivity index (χ0n) is 17.5. The van der Waals surface area contributed by atoms with Gasteiger partial charge in [-0.15, -0.1) is 0 Å². The molecule has 1 heterocycles. The first-order valence-electron chi connectivity index (χ1n) is 10.5. The fourth-order valence-corrected chi connectivity index (χ4v) is 10.4. The van der Waals surface area contributed by atoms with Crippen molar-refractivity contribution in [1.29, 1.82) is 0 Å². The second-order valence-corrected chi connectivity index (χ2v) is 14.1. The average Bonchev–Trinajstić information content (AvgIpc) is 2.98. The van der Waals surface area contributed by atoms with Crippen molar-refractivity contribution in [2.45, 2.75) is 45.8 Å². The fourth-order valence-electron chi connectivity index (χ4n) is 6.10. The molecule has 4 atom stereocenters. The Labute approximate surface area is 166 Å². The van der Waals surface area contributed by atoms with E-state index in [9.17, 15) is 0 Å². The molecule has 2 aliphatic carbocycles. The lowest BCUT2D eigenvalue weighted by Crippen LogP contribution is -2.63. The number of hydrogen-bond acceptors (Lipinski definition) is 3. The van der Waals surface area contributed by atoms with Crippen molar-refractivity contribution in [3.63, 3.8) is 0 Å². The second kappa shape index (κ2) is 7.32.